The summed E-state index contributed by atoms with van der Waals surface area (Å²) in [7, 11) is 2.08. The third-order valence-electron chi connectivity index (χ3n) is 3.52. The van der Waals surface area contributed by atoms with E-state index in [-0.39, 0.29) is 0 Å². The van der Waals surface area contributed by atoms with Crippen LogP contribution in [0.2, 0.25) is 0 Å². The topological polar surface area (TPSA) is 12.0 Å². The van der Waals surface area contributed by atoms with Gasteiger partial charge >= 0.3 is 0 Å². The van der Waals surface area contributed by atoms with E-state index in [2.05, 4.69) is 25.0 Å². The van der Waals surface area contributed by atoms with Crippen molar-refractivity contribution in [1.82, 2.24) is 5.32 Å². The van der Waals surface area contributed by atoms with Crippen molar-refractivity contribution in [3.63, 3.8) is 0 Å². The molecule has 1 aliphatic carbocycles. The van der Waals surface area contributed by atoms with Gasteiger partial charge in [0, 0.05) is 0 Å². The van der Waals surface area contributed by atoms with E-state index >= 15 is 0 Å². The average Bonchev–Trinajstić information content (AvgIpc) is 2.21. The zero-order valence-electron chi connectivity index (χ0n) is 9.60. The minimum atomic E-state index is 0.943. The van der Waals surface area contributed by atoms with Gasteiger partial charge in [0.25, 0.3) is 0 Å². The molecule has 0 amide bonds. The van der Waals surface area contributed by atoms with Gasteiger partial charge in [0.15, 0.2) is 0 Å². The monoisotopic (exact) mass is 195 g/mol. The summed E-state index contributed by atoms with van der Waals surface area (Å²) < 4.78 is 0. The number of hydrogen-bond donors (Lipinski definition) is 1. The number of hydrogen-bond acceptors (Lipinski definition) is 1. The normalized spacial score (nSPS) is 27.5. The predicted octanol–water partition coefficient (Wildman–Crippen LogP) is 3.37. The lowest BCUT2D eigenvalue weighted by atomic mass is 9.76. The van der Waals surface area contributed by atoms with Gasteiger partial charge in [-0.3, -0.25) is 0 Å². The average molecular weight is 195 g/mol. The standard InChI is InChI=1S/C13H25N/c1-3-4-5-8-12-9-6-7-10-13(12)11-14-2/h3,12-14H,1,4-11H2,2H3. The van der Waals surface area contributed by atoms with Crippen LogP contribution in [0.5, 0.6) is 0 Å². The largest absolute Gasteiger partial charge is 0.319 e. The highest BCUT2D eigenvalue weighted by Gasteiger charge is 2.23. The lowest BCUT2D eigenvalue weighted by molar-refractivity contribution is 0.218. The fourth-order valence-corrected chi connectivity index (χ4v) is 2.72. The molecule has 2 unspecified atom stereocenters. The maximum atomic E-state index is 3.79. The second kappa shape index (κ2) is 7.05. The third kappa shape index (κ3) is 3.83. The lowest BCUT2D eigenvalue weighted by Gasteiger charge is -2.31. The van der Waals surface area contributed by atoms with Crippen LogP contribution in [0.1, 0.15) is 44.9 Å². The molecule has 0 radical (unpaired) electrons. The fourth-order valence-electron chi connectivity index (χ4n) is 2.72. The maximum Gasteiger partial charge on any atom is -0.00209 e. The first-order chi connectivity index (χ1) is 6.88. The van der Waals surface area contributed by atoms with Crippen LogP contribution in [0, 0.1) is 11.8 Å². The SMILES string of the molecule is C=CCCCC1CCCCC1CNC. The van der Waals surface area contributed by atoms with Crippen LogP contribution >= 0.6 is 0 Å². The molecule has 0 aromatic heterocycles. The molecule has 0 bridgehead atoms. The van der Waals surface area contributed by atoms with E-state index in [0.717, 1.165) is 11.8 Å². The van der Waals surface area contributed by atoms with Crippen molar-refractivity contribution >= 4 is 0 Å². The molecule has 0 aromatic rings. The zero-order chi connectivity index (χ0) is 10.2. The van der Waals surface area contributed by atoms with Gasteiger partial charge in [0.2, 0.25) is 0 Å². The van der Waals surface area contributed by atoms with Crippen LogP contribution in [0.25, 0.3) is 0 Å². The van der Waals surface area contributed by atoms with E-state index in [9.17, 15) is 0 Å². The highest BCUT2D eigenvalue weighted by atomic mass is 14.8. The molecule has 2 atom stereocenters. The fraction of sp³-hybridized carbons (Fsp3) is 0.846. The first-order valence-electron chi connectivity index (χ1n) is 6.14. The van der Waals surface area contributed by atoms with Crippen molar-refractivity contribution < 1.29 is 0 Å². The number of rotatable bonds is 6. The molecule has 82 valence electrons. The predicted molar refractivity (Wildman–Crippen MR) is 63.4 cm³/mol. The summed E-state index contributed by atoms with van der Waals surface area (Å²) >= 11 is 0. The molecule has 0 heterocycles. The zero-order valence-corrected chi connectivity index (χ0v) is 9.60. The highest BCUT2D eigenvalue weighted by Crippen LogP contribution is 2.33. The number of nitrogens with one attached hydrogen (secondary N) is 1. The molecular weight excluding hydrogens is 170 g/mol. The van der Waals surface area contributed by atoms with Crippen LogP contribution in [-0.2, 0) is 0 Å². The Hall–Kier alpha value is -0.300. The van der Waals surface area contributed by atoms with E-state index in [1.165, 1.54) is 51.5 Å². The van der Waals surface area contributed by atoms with Gasteiger partial charge in [-0.25, -0.2) is 0 Å². The molecule has 1 saturated carbocycles. The Morgan fingerprint density at radius 3 is 2.64 bits per heavy atom. The van der Waals surface area contributed by atoms with Crippen molar-refractivity contribution in [3.8, 4) is 0 Å². The lowest BCUT2D eigenvalue weighted by Crippen LogP contribution is -2.28. The molecule has 1 fully saturated rings. The quantitative estimate of drug-likeness (QED) is 0.506. The van der Waals surface area contributed by atoms with Gasteiger partial charge in [-0.2, -0.15) is 0 Å². The van der Waals surface area contributed by atoms with Gasteiger partial charge in [-0.15, -0.1) is 6.58 Å². The first kappa shape index (κ1) is 11.8. The Morgan fingerprint density at radius 2 is 2.00 bits per heavy atom. The van der Waals surface area contributed by atoms with Gasteiger partial charge in [-0.05, 0) is 51.1 Å². The maximum absolute atomic E-state index is 3.79. The molecule has 0 aromatic carbocycles. The van der Waals surface area contributed by atoms with Crippen molar-refractivity contribution in [2.24, 2.45) is 11.8 Å². The van der Waals surface area contributed by atoms with E-state index in [0.29, 0.717) is 0 Å². The summed E-state index contributed by atoms with van der Waals surface area (Å²) in [6.45, 7) is 5.01. The van der Waals surface area contributed by atoms with Gasteiger partial charge in [-0.1, -0.05) is 25.3 Å². The Labute approximate surface area is 89.0 Å². The van der Waals surface area contributed by atoms with E-state index in [1.54, 1.807) is 0 Å². The van der Waals surface area contributed by atoms with Crippen molar-refractivity contribution in [2.75, 3.05) is 13.6 Å². The summed E-state index contributed by atoms with van der Waals surface area (Å²) in [4.78, 5) is 0. The first-order valence-corrected chi connectivity index (χ1v) is 6.14. The minimum Gasteiger partial charge on any atom is -0.319 e. The van der Waals surface area contributed by atoms with Crippen molar-refractivity contribution in [2.45, 2.75) is 44.9 Å². The van der Waals surface area contributed by atoms with Crippen LogP contribution in [-0.4, -0.2) is 13.6 Å². The molecule has 1 N–H and O–H groups in total. The highest BCUT2D eigenvalue weighted by molar-refractivity contribution is 4.78. The van der Waals surface area contributed by atoms with E-state index < -0.39 is 0 Å². The van der Waals surface area contributed by atoms with Crippen LogP contribution in [0.15, 0.2) is 12.7 Å². The Kier molecular flexibility index (Phi) is 5.93. The number of allylic oxidation sites excluding steroid dienone is 1. The van der Waals surface area contributed by atoms with Crippen LogP contribution < -0.4 is 5.32 Å². The molecule has 1 nitrogen and oxygen atoms in total. The second-order valence-electron chi connectivity index (χ2n) is 4.58. The smallest absolute Gasteiger partial charge is 0.00209 e. The van der Waals surface area contributed by atoms with Crippen molar-refractivity contribution in [3.05, 3.63) is 12.7 Å². The van der Waals surface area contributed by atoms with Crippen LogP contribution in [0.3, 0.4) is 0 Å². The summed E-state index contributed by atoms with van der Waals surface area (Å²) in [6, 6.07) is 0. The summed E-state index contributed by atoms with van der Waals surface area (Å²) in [5.41, 5.74) is 0. The summed E-state index contributed by atoms with van der Waals surface area (Å²) in [6.07, 6.45) is 11.8. The van der Waals surface area contributed by atoms with Gasteiger partial charge < -0.3 is 5.32 Å². The third-order valence-corrected chi connectivity index (χ3v) is 3.52. The van der Waals surface area contributed by atoms with Crippen molar-refractivity contribution in [1.29, 1.82) is 0 Å². The van der Waals surface area contributed by atoms with Crippen LogP contribution in [0.4, 0.5) is 0 Å². The molecular formula is C13H25N. The molecule has 1 rings (SSSR count). The summed E-state index contributed by atoms with van der Waals surface area (Å²) in [5, 5.41) is 3.34. The summed E-state index contributed by atoms with van der Waals surface area (Å²) in [5.74, 6) is 1.93. The van der Waals surface area contributed by atoms with Gasteiger partial charge in [0.1, 0.15) is 0 Å². The van der Waals surface area contributed by atoms with Gasteiger partial charge in [0.05, 0.1) is 0 Å². The second-order valence-corrected chi connectivity index (χ2v) is 4.58. The molecule has 0 saturated heterocycles. The Morgan fingerprint density at radius 1 is 1.29 bits per heavy atom. The van der Waals surface area contributed by atoms with E-state index in [1.807, 2.05) is 0 Å². The molecule has 0 spiro atoms. The number of unbranched alkanes of at least 4 members (excludes halogenated alkanes) is 1. The molecule has 14 heavy (non-hydrogen) atoms. The molecule has 1 heteroatoms. The minimum absolute atomic E-state index is 0.943. The van der Waals surface area contributed by atoms with E-state index in [4.69, 9.17) is 0 Å². The Balaban J connectivity index is 2.26. The Bertz CT molecular complexity index is 151. The molecule has 0 aliphatic heterocycles. The molecule has 1 aliphatic rings.